The molecule has 0 atom stereocenters. The Balaban J connectivity index is 1.93. The molecule has 1 aliphatic rings. The Morgan fingerprint density at radius 2 is 2.00 bits per heavy atom. The minimum atomic E-state index is -4.36. The smallest absolute Gasteiger partial charge is 0.389 e. The molecule has 106 valence electrons. The van der Waals surface area contributed by atoms with Crippen molar-refractivity contribution in [2.24, 2.45) is 0 Å². The van der Waals surface area contributed by atoms with Gasteiger partial charge in [0.15, 0.2) is 0 Å². The minimum Gasteiger partial charge on any atom is -0.389 e. The molecule has 0 aromatic carbocycles. The zero-order valence-corrected chi connectivity index (χ0v) is 11.0. The van der Waals surface area contributed by atoms with Crippen molar-refractivity contribution in [1.82, 2.24) is 10.3 Å². The highest BCUT2D eigenvalue weighted by molar-refractivity contribution is 7.99. The minimum absolute atomic E-state index is 0.451. The van der Waals surface area contributed by atoms with Gasteiger partial charge in [-0.25, -0.2) is 4.98 Å². The predicted octanol–water partition coefficient (Wildman–Crippen LogP) is 2.31. The summed E-state index contributed by atoms with van der Waals surface area (Å²) in [5.74, 6) is 0.451. The number of nitrogens with one attached hydrogen (secondary N) is 1. The Kier molecular flexibility index (Phi) is 4.37. The lowest BCUT2D eigenvalue weighted by molar-refractivity contribution is -0.137. The largest absolute Gasteiger partial charge is 0.417 e. The molecule has 2 rings (SSSR count). The molecule has 0 bridgehead atoms. The summed E-state index contributed by atoms with van der Waals surface area (Å²) in [5.41, 5.74) is -1.50. The highest BCUT2D eigenvalue weighted by atomic mass is 32.2. The van der Waals surface area contributed by atoms with Crippen LogP contribution in [0.2, 0.25) is 0 Å². The maximum Gasteiger partial charge on any atom is 0.417 e. The molecule has 0 aliphatic carbocycles. The summed E-state index contributed by atoms with van der Waals surface area (Å²) in [6, 6.07) is 2.36. The highest BCUT2D eigenvalue weighted by Crippen LogP contribution is 2.31. The number of alkyl halides is 3. The fourth-order valence-corrected chi connectivity index (χ4v) is 2.87. The zero-order chi connectivity index (χ0) is 13.9. The first kappa shape index (κ1) is 14.6. The van der Waals surface area contributed by atoms with E-state index in [1.165, 1.54) is 17.8 Å². The van der Waals surface area contributed by atoms with E-state index in [0.717, 1.165) is 25.4 Å². The van der Waals surface area contributed by atoms with Gasteiger partial charge in [0.25, 0.3) is 0 Å². The molecule has 0 unspecified atom stereocenters. The number of rotatable bonds is 3. The van der Waals surface area contributed by atoms with Gasteiger partial charge in [0.2, 0.25) is 0 Å². The lowest BCUT2D eigenvalue weighted by Crippen LogP contribution is -2.43. The second-order valence-corrected chi connectivity index (χ2v) is 5.64. The number of halogens is 3. The van der Waals surface area contributed by atoms with Crippen LogP contribution in [0.5, 0.6) is 0 Å². The Morgan fingerprint density at radius 1 is 1.32 bits per heavy atom. The van der Waals surface area contributed by atoms with E-state index in [9.17, 15) is 18.3 Å². The van der Waals surface area contributed by atoms with Crippen molar-refractivity contribution in [1.29, 1.82) is 0 Å². The number of nitrogens with zero attached hydrogens (tertiary/aromatic N) is 1. The molecule has 0 spiro atoms. The van der Waals surface area contributed by atoms with Crippen LogP contribution < -0.4 is 5.32 Å². The molecule has 2 heterocycles. The van der Waals surface area contributed by atoms with Gasteiger partial charge >= 0.3 is 6.18 Å². The maximum atomic E-state index is 12.4. The zero-order valence-electron chi connectivity index (χ0n) is 10.2. The summed E-state index contributed by atoms with van der Waals surface area (Å²) in [4.78, 5) is 3.78. The van der Waals surface area contributed by atoms with E-state index < -0.39 is 17.3 Å². The van der Waals surface area contributed by atoms with Crippen molar-refractivity contribution in [3.63, 3.8) is 0 Å². The van der Waals surface area contributed by atoms with Crippen LogP contribution in [0.25, 0.3) is 0 Å². The van der Waals surface area contributed by atoms with Crippen LogP contribution in [0.1, 0.15) is 18.4 Å². The van der Waals surface area contributed by atoms with Crippen LogP contribution >= 0.6 is 11.8 Å². The van der Waals surface area contributed by atoms with Crippen LogP contribution in [0.3, 0.4) is 0 Å². The average Bonchev–Trinajstić information content (AvgIpc) is 2.37. The van der Waals surface area contributed by atoms with Crippen molar-refractivity contribution in [3.05, 3.63) is 23.9 Å². The molecule has 1 saturated heterocycles. The lowest BCUT2D eigenvalue weighted by atomic mass is 9.95. The molecule has 1 aliphatic heterocycles. The Hall–Kier alpha value is -0.790. The molecule has 1 aromatic rings. The van der Waals surface area contributed by atoms with Crippen LogP contribution in [0, 0.1) is 0 Å². The third-order valence-corrected chi connectivity index (χ3v) is 4.31. The van der Waals surface area contributed by atoms with Gasteiger partial charge in [-0.2, -0.15) is 13.2 Å². The van der Waals surface area contributed by atoms with Crippen LogP contribution in [-0.2, 0) is 6.18 Å². The van der Waals surface area contributed by atoms with E-state index in [1.807, 2.05) is 0 Å². The highest BCUT2D eigenvalue weighted by Gasteiger charge is 2.31. The van der Waals surface area contributed by atoms with Crippen molar-refractivity contribution >= 4 is 11.8 Å². The lowest BCUT2D eigenvalue weighted by Gasteiger charge is -2.32. The van der Waals surface area contributed by atoms with Gasteiger partial charge in [0, 0.05) is 11.9 Å². The Labute approximate surface area is 113 Å². The average molecular weight is 292 g/mol. The number of hydrogen-bond acceptors (Lipinski definition) is 4. The third-order valence-electron chi connectivity index (χ3n) is 3.09. The first-order chi connectivity index (χ1) is 8.89. The van der Waals surface area contributed by atoms with Gasteiger partial charge in [-0.3, -0.25) is 0 Å². The van der Waals surface area contributed by atoms with Gasteiger partial charge < -0.3 is 10.4 Å². The molecular weight excluding hydrogens is 277 g/mol. The predicted molar refractivity (Wildman–Crippen MR) is 67.0 cm³/mol. The van der Waals surface area contributed by atoms with Gasteiger partial charge in [0.1, 0.15) is 0 Å². The molecule has 1 fully saturated rings. The summed E-state index contributed by atoms with van der Waals surface area (Å²) >= 11 is 1.29. The van der Waals surface area contributed by atoms with Crippen molar-refractivity contribution in [2.45, 2.75) is 29.6 Å². The topological polar surface area (TPSA) is 45.2 Å². The van der Waals surface area contributed by atoms with Gasteiger partial charge in [0.05, 0.1) is 16.2 Å². The number of piperidine rings is 1. The quantitative estimate of drug-likeness (QED) is 0.839. The van der Waals surface area contributed by atoms with Crippen LogP contribution in [0.4, 0.5) is 13.2 Å². The molecule has 2 N–H and O–H groups in total. The Morgan fingerprint density at radius 3 is 2.53 bits per heavy atom. The van der Waals surface area contributed by atoms with Gasteiger partial charge in [-0.15, -0.1) is 11.8 Å². The molecule has 1 aromatic heterocycles. The number of pyridine rings is 1. The van der Waals surface area contributed by atoms with E-state index in [-0.39, 0.29) is 0 Å². The molecule has 0 amide bonds. The maximum absolute atomic E-state index is 12.4. The second kappa shape index (κ2) is 5.68. The van der Waals surface area contributed by atoms with E-state index in [1.54, 1.807) is 0 Å². The van der Waals surface area contributed by atoms with E-state index in [2.05, 4.69) is 10.3 Å². The number of thioether (sulfide) groups is 1. The standard InChI is InChI=1S/C12H15F3N2OS/c13-12(14,15)9-1-2-10(17-7-9)19-8-11(18)3-5-16-6-4-11/h1-2,7,16,18H,3-6,8H2. The number of aliphatic hydroxyl groups is 1. The van der Waals surface area contributed by atoms with Crippen molar-refractivity contribution < 1.29 is 18.3 Å². The molecule has 3 nitrogen and oxygen atoms in total. The molecular formula is C12H15F3N2OS. The second-order valence-electron chi connectivity index (χ2n) is 4.65. The van der Waals surface area contributed by atoms with Gasteiger partial charge in [-0.1, -0.05) is 0 Å². The summed E-state index contributed by atoms with van der Waals surface area (Å²) < 4.78 is 37.1. The molecule has 0 saturated carbocycles. The summed E-state index contributed by atoms with van der Waals surface area (Å²) in [6.07, 6.45) is -2.22. The summed E-state index contributed by atoms with van der Waals surface area (Å²) in [7, 11) is 0. The fourth-order valence-electron chi connectivity index (χ4n) is 1.88. The molecule has 19 heavy (non-hydrogen) atoms. The SMILES string of the molecule is OC1(CSc2ccc(C(F)(F)F)cn2)CCNCC1. The van der Waals surface area contributed by atoms with Crippen LogP contribution in [0.15, 0.2) is 23.4 Å². The monoisotopic (exact) mass is 292 g/mol. The number of aromatic nitrogens is 1. The summed E-state index contributed by atoms with van der Waals surface area (Å²) in [5, 5.41) is 13.9. The third kappa shape index (κ3) is 4.09. The van der Waals surface area contributed by atoms with E-state index in [4.69, 9.17) is 0 Å². The van der Waals surface area contributed by atoms with Crippen molar-refractivity contribution in [3.8, 4) is 0 Å². The molecule has 7 heteroatoms. The van der Waals surface area contributed by atoms with Crippen LogP contribution in [-0.4, -0.2) is 34.5 Å². The molecule has 0 radical (unpaired) electrons. The summed E-state index contributed by atoms with van der Waals surface area (Å²) in [6.45, 7) is 1.52. The van der Waals surface area contributed by atoms with Gasteiger partial charge in [-0.05, 0) is 38.1 Å². The Bertz CT molecular complexity index is 416. The number of hydrogen-bond donors (Lipinski definition) is 2. The van der Waals surface area contributed by atoms with E-state index in [0.29, 0.717) is 23.6 Å². The first-order valence-corrected chi connectivity index (χ1v) is 6.97. The fraction of sp³-hybridized carbons (Fsp3) is 0.583. The normalized spacial score (nSPS) is 19.4. The van der Waals surface area contributed by atoms with Crippen molar-refractivity contribution in [2.75, 3.05) is 18.8 Å². The first-order valence-electron chi connectivity index (χ1n) is 5.98. The van der Waals surface area contributed by atoms with E-state index >= 15 is 0 Å².